The first-order valence-electron chi connectivity index (χ1n) is 6.49. The van der Waals surface area contributed by atoms with Gasteiger partial charge in [-0.1, -0.05) is 33.6 Å². The number of anilines is 1. The summed E-state index contributed by atoms with van der Waals surface area (Å²) in [6, 6.07) is 12.3. The lowest BCUT2D eigenvalue weighted by Gasteiger charge is -2.11. The average molecular weight is 369 g/mol. The third kappa shape index (κ3) is 4.48. The normalized spacial score (nSPS) is 10.5. The molecule has 0 radical (unpaired) electrons. The molecule has 3 nitrogen and oxygen atoms in total. The van der Waals surface area contributed by atoms with Gasteiger partial charge in [0.2, 0.25) is 0 Å². The van der Waals surface area contributed by atoms with E-state index in [-0.39, 0.29) is 12.0 Å². The number of hydrogen-bond acceptors (Lipinski definition) is 2. The molecule has 5 heteroatoms. The molecule has 21 heavy (non-hydrogen) atoms. The van der Waals surface area contributed by atoms with Gasteiger partial charge in [0.15, 0.2) is 0 Å². The molecule has 1 amide bonds. The summed E-state index contributed by atoms with van der Waals surface area (Å²) in [4.78, 5) is 12.3. The lowest BCUT2D eigenvalue weighted by Crippen LogP contribution is -2.13. The van der Waals surface area contributed by atoms with Gasteiger partial charge in [0.25, 0.3) is 5.91 Å². The summed E-state index contributed by atoms with van der Waals surface area (Å²) in [7, 11) is 0. The molecule has 2 rings (SSSR count). The van der Waals surface area contributed by atoms with E-state index in [1.165, 1.54) is 0 Å². The van der Waals surface area contributed by atoms with E-state index in [1.807, 2.05) is 26.0 Å². The molecule has 1 N–H and O–H groups in total. The quantitative estimate of drug-likeness (QED) is 0.811. The van der Waals surface area contributed by atoms with E-state index < -0.39 is 0 Å². The van der Waals surface area contributed by atoms with Crippen LogP contribution in [0.4, 0.5) is 5.69 Å². The highest BCUT2D eigenvalue weighted by Gasteiger charge is 2.10. The van der Waals surface area contributed by atoms with Crippen molar-refractivity contribution in [3.05, 3.63) is 57.5 Å². The minimum atomic E-state index is -0.232. The average Bonchev–Trinajstić information content (AvgIpc) is 2.42. The van der Waals surface area contributed by atoms with E-state index in [1.54, 1.807) is 30.3 Å². The van der Waals surface area contributed by atoms with Gasteiger partial charge in [-0.2, -0.15) is 0 Å². The fourth-order valence-electron chi connectivity index (χ4n) is 1.77. The molecule has 0 bridgehead atoms. The second-order valence-electron chi connectivity index (χ2n) is 4.77. The van der Waals surface area contributed by atoms with Crippen LogP contribution in [0.1, 0.15) is 24.2 Å². The molecule has 0 aliphatic carbocycles. The number of benzene rings is 2. The van der Waals surface area contributed by atoms with Crippen LogP contribution in [0.3, 0.4) is 0 Å². The molecule has 0 heterocycles. The summed E-state index contributed by atoms with van der Waals surface area (Å²) in [5.74, 6) is 0.433. The number of ether oxygens (including phenoxy) is 1. The summed E-state index contributed by atoms with van der Waals surface area (Å²) in [6.45, 7) is 3.88. The number of halogens is 2. The third-order valence-corrected chi connectivity index (χ3v) is 3.47. The zero-order valence-electron chi connectivity index (χ0n) is 11.7. The Morgan fingerprint density at radius 2 is 2.00 bits per heavy atom. The summed E-state index contributed by atoms with van der Waals surface area (Å²) in [5.41, 5.74) is 1.08. The predicted octanol–water partition coefficient (Wildman–Crippen LogP) is 5.14. The number of amides is 1. The van der Waals surface area contributed by atoms with Crippen molar-refractivity contribution in [3.8, 4) is 5.75 Å². The molecule has 2 aromatic rings. The number of hydrogen-bond donors (Lipinski definition) is 1. The van der Waals surface area contributed by atoms with Crippen molar-refractivity contribution < 1.29 is 9.53 Å². The second-order valence-corrected chi connectivity index (χ2v) is 6.10. The largest absolute Gasteiger partial charge is 0.491 e. The van der Waals surface area contributed by atoms with Crippen molar-refractivity contribution in [1.82, 2.24) is 0 Å². The van der Waals surface area contributed by atoms with Crippen molar-refractivity contribution >= 4 is 39.1 Å². The lowest BCUT2D eigenvalue weighted by atomic mass is 10.2. The van der Waals surface area contributed by atoms with Crippen molar-refractivity contribution in [2.24, 2.45) is 0 Å². The topological polar surface area (TPSA) is 38.3 Å². The number of nitrogens with one attached hydrogen (secondary N) is 1. The van der Waals surface area contributed by atoms with Gasteiger partial charge in [0.05, 0.1) is 16.8 Å². The first-order chi connectivity index (χ1) is 9.95. The van der Waals surface area contributed by atoms with E-state index in [0.717, 1.165) is 4.47 Å². The Morgan fingerprint density at radius 3 is 2.71 bits per heavy atom. The van der Waals surface area contributed by atoms with Crippen molar-refractivity contribution in [2.75, 3.05) is 5.32 Å². The Hall–Kier alpha value is -1.52. The summed E-state index contributed by atoms with van der Waals surface area (Å²) in [5, 5.41) is 3.28. The van der Waals surface area contributed by atoms with E-state index >= 15 is 0 Å². The van der Waals surface area contributed by atoms with Gasteiger partial charge >= 0.3 is 0 Å². The fourth-order valence-corrected chi connectivity index (χ4v) is 2.30. The summed E-state index contributed by atoms with van der Waals surface area (Å²) < 4.78 is 6.43. The third-order valence-electron chi connectivity index (χ3n) is 2.64. The molecule has 0 fully saturated rings. The zero-order chi connectivity index (χ0) is 15.4. The lowest BCUT2D eigenvalue weighted by molar-refractivity contribution is 0.102. The van der Waals surface area contributed by atoms with Crippen LogP contribution in [0, 0.1) is 0 Å². The van der Waals surface area contributed by atoms with Gasteiger partial charge in [0, 0.05) is 10.0 Å². The predicted molar refractivity (Wildman–Crippen MR) is 89.3 cm³/mol. The molecule has 0 saturated heterocycles. The van der Waals surface area contributed by atoms with Gasteiger partial charge in [-0.3, -0.25) is 4.79 Å². The van der Waals surface area contributed by atoms with E-state index in [2.05, 4.69) is 21.2 Å². The van der Waals surface area contributed by atoms with E-state index in [4.69, 9.17) is 16.3 Å². The summed E-state index contributed by atoms with van der Waals surface area (Å²) in [6.07, 6.45) is 0.0582. The van der Waals surface area contributed by atoms with Gasteiger partial charge in [0.1, 0.15) is 5.75 Å². The fraction of sp³-hybridized carbons (Fsp3) is 0.188. The molecule has 0 spiro atoms. The molecule has 0 aromatic heterocycles. The first-order valence-corrected chi connectivity index (χ1v) is 7.66. The van der Waals surface area contributed by atoms with Gasteiger partial charge in [-0.05, 0) is 50.2 Å². The highest BCUT2D eigenvalue weighted by Crippen LogP contribution is 2.26. The number of carbonyl (C=O) groups excluding carboxylic acids is 1. The van der Waals surface area contributed by atoms with Crippen LogP contribution in [0.25, 0.3) is 0 Å². The Labute approximate surface area is 137 Å². The Kier molecular flexibility index (Phi) is 5.26. The van der Waals surface area contributed by atoms with Crippen LogP contribution in [-0.4, -0.2) is 12.0 Å². The number of rotatable bonds is 4. The van der Waals surface area contributed by atoms with Crippen LogP contribution < -0.4 is 10.1 Å². The first kappa shape index (κ1) is 15.9. The molecule has 0 unspecified atom stereocenters. The van der Waals surface area contributed by atoms with E-state index in [9.17, 15) is 4.79 Å². The standard InChI is InChI=1S/C16H15BrClNO2/c1-10(2)21-13-5-3-4-11(8-13)16(20)19-15-9-12(17)6-7-14(15)18/h3-10H,1-2H3,(H,19,20). The maximum atomic E-state index is 12.3. The van der Waals surface area contributed by atoms with Crippen molar-refractivity contribution in [1.29, 1.82) is 0 Å². The van der Waals surface area contributed by atoms with Gasteiger partial charge in [-0.25, -0.2) is 0 Å². The SMILES string of the molecule is CC(C)Oc1cccc(C(=O)Nc2cc(Br)ccc2Cl)c1. The molecule has 0 atom stereocenters. The Balaban J connectivity index is 2.18. The Morgan fingerprint density at radius 1 is 1.24 bits per heavy atom. The zero-order valence-corrected chi connectivity index (χ0v) is 14.0. The molecule has 0 aliphatic rings. The molecular weight excluding hydrogens is 354 g/mol. The van der Waals surface area contributed by atoms with Gasteiger partial charge in [-0.15, -0.1) is 0 Å². The molecule has 0 saturated carbocycles. The van der Waals surface area contributed by atoms with Crippen molar-refractivity contribution in [2.45, 2.75) is 20.0 Å². The van der Waals surface area contributed by atoms with Crippen molar-refractivity contribution in [3.63, 3.8) is 0 Å². The summed E-state index contributed by atoms with van der Waals surface area (Å²) >= 11 is 9.42. The molecule has 2 aromatic carbocycles. The monoisotopic (exact) mass is 367 g/mol. The maximum absolute atomic E-state index is 12.3. The molecule has 0 aliphatic heterocycles. The van der Waals surface area contributed by atoms with Crippen LogP contribution >= 0.6 is 27.5 Å². The second kappa shape index (κ2) is 6.96. The molecular formula is C16H15BrClNO2. The van der Waals surface area contributed by atoms with Crippen LogP contribution in [0.15, 0.2) is 46.9 Å². The molecule has 110 valence electrons. The smallest absolute Gasteiger partial charge is 0.255 e. The maximum Gasteiger partial charge on any atom is 0.255 e. The highest BCUT2D eigenvalue weighted by atomic mass is 79.9. The minimum absolute atomic E-state index is 0.0582. The number of carbonyl (C=O) groups is 1. The minimum Gasteiger partial charge on any atom is -0.491 e. The highest BCUT2D eigenvalue weighted by molar-refractivity contribution is 9.10. The van der Waals surface area contributed by atoms with Crippen LogP contribution in [0.2, 0.25) is 5.02 Å². The van der Waals surface area contributed by atoms with Gasteiger partial charge < -0.3 is 10.1 Å². The van der Waals surface area contributed by atoms with E-state index in [0.29, 0.717) is 22.0 Å². The van der Waals surface area contributed by atoms with Crippen LogP contribution in [-0.2, 0) is 0 Å². The Bertz CT molecular complexity index is 658. The van der Waals surface area contributed by atoms with Crippen LogP contribution in [0.5, 0.6) is 5.75 Å².